The molecule has 3 N–H and O–H groups in total. The molecule has 1 aromatic heterocycles. The number of benzene rings is 1. The molecule has 0 fully saturated rings. The second-order valence-electron chi connectivity index (χ2n) is 6.74. The van der Waals surface area contributed by atoms with Gasteiger partial charge < -0.3 is 11.1 Å². The topological polar surface area (TPSA) is 98.0 Å². The van der Waals surface area contributed by atoms with Gasteiger partial charge in [-0.1, -0.05) is 38.1 Å². The van der Waals surface area contributed by atoms with Crippen molar-refractivity contribution in [2.75, 3.05) is 6.54 Å². The van der Waals surface area contributed by atoms with Crippen molar-refractivity contribution in [2.45, 2.75) is 32.1 Å². The van der Waals surface area contributed by atoms with E-state index in [1.54, 1.807) is 0 Å². The van der Waals surface area contributed by atoms with E-state index in [0.29, 0.717) is 18.4 Å². The summed E-state index contributed by atoms with van der Waals surface area (Å²) in [6, 6.07) is 8.40. The predicted molar refractivity (Wildman–Crippen MR) is 94.3 cm³/mol. The Labute approximate surface area is 146 Å². The summed E-state index contributed by atoms with van der Waals surface area (Å²) in [6.45, 7) is 4.94. The molecule has 6 heteroatoms. The molecule has 2 aromatic rings. The van der Waals surface area contributed by atoms with E-state index in [-0.39, 0.29) is 17.3 Å². The molecule has 0 spiro atoms. The van der Waals surface area contributed by atoms with Gasteiger partial charge >= 0.3 is 0 Å². The molecule has 1 heterocycles. The first-order valence-electron chi connectivity index (χ1n) is 8.46. The van der Waals surface area contributed by atoms with Gasteiger partial charge in [0, 0.05) is 24.9 Å². The molecule has 2 atom stereocenters. The van der Waals surface area contributed by atoms with Crippen LogP contribution in [0.5, 0.6) is 0 Å². The van der Waals surface area contributed by atoms with Crippen molar-refractivity contribution in [3.8, 4) is 0 Å². The number of primary amides is 1. The van der Waals surface area contributed by atoms with Gasteiger partial charge in [0.25, 0.3) is 11.8 Å². The van der Waals surface area contributed by atoms with Crippen molar-refractivity contribution in [3.05, 3.63) is 59.2 Å². The predicted octanol–water partition coefficient (Wildman–Crippen LogP) is 2.23. The third kappa shape index (κ3) is 3.38. The van der Waals surface area contributed by atoms with Crippen LogP contribution in [0.2, 0.25) is 0 Å². The van der Waals surface area contributed by atoms with Crippen LogP contribution >= 0.6 is 0 Å². The van der Waals surface area contributed by atoms with Crippen molar-refractivity contribution in [1.82, 2.24) is 15.3 Å². The standard InChI is InChI=1S/C19H22N4O2/c1-11(2)15-9-12(13-5-3-4-6-14(13)15)10-23-19(25)17-16(18(20)24)21-7-8-22-17/h3-8,11-12,15H,9-10H2,1-2H3,(H2,20,24)(H,23,25)/t12-,15-/m0/s1. The monoisotopic (exact) mass is 338 g/mol. The fourth-order valence-electron chi connectivity index (χ4n) is 3.59. The molecule has 1 aliphatic carbocycles. The number of fused-ring (bicyclic) bond motifs is 1. The van der Waals surface area contributed by atoms with Crippen LogP contribution in [0.4, 0.5) is 0 Å². The molecule has 0 saturated carbocycles. The first-order valence-corrected chi connectivity index (χ1v) is 8.46. The zero-order valence-corrected chi connectivity index (χ0v) is 14.4. The second kappa shape index (κ2) is 7.01. The molecule has 6 nitrogen and oxygen atoms in total. The van der Waals surface area contributed by atoms with E-state index in [2.05, 4.69) is 47.3 Å². The lowest BCUT2D eigenvalue weighted by Gasteiger charge is -2.16. The largest absolute Gasteiger partial charge is 0.364 e. The molecule has 0 bridgehead atoms. The van der Waals surface area contributed by atoms with E-state index in [1.807, 2.05) is 6.07 Å². The maximum Gasteiger partial charge on any atom is 0.272 e. The third-order valence-electron chi connectivity index (χ3n) is 4.83. The van der Waals surface area contributed by atoms with Crippen molar-refractivity contribution < 1.29 is 9.59 Å². The van der Waals surface area contributed by atoms with Crippen molar-refractivity contribution in [1.29, 1.82) is 0 Å². The van der Waals surface area contributed by atoms with E-state index in [0.717, 1.165) is 6.42 Å². The summed E-state index contributed by atoms with van der Waals surface area (Å²) in [5.74, 6) is 0.108. The number of nitrogens with two attached hydrogens (primary N) is 1. The molecular formula is C19H22N4O2. The third-order valence-corrected chi connectivity index (χ3v) is 4.83. The molecule has 2 amide bonds. The van der Waals surface area contributed by atoms with Crippen LogP contribution in [0.15, 0.2) is 36.7 Å². The number of rotatable bonds is 5. The first kappa shape index (κ1) is 17.1. The van der Waals surface area contributed by atoms with E-state index in [1.165, 1.54) is 23.5 Å². The van der Waals surface area contributed by atoms with Crippen molar-refractivity contribution in [2.24, 2.45) is 11.7 Å². The minimum Gasteiger partial charge on any atom is -0.364 e. The summed E-state index contributed by atoms with van der Waals surface area (Å²) >= 11 is 0. The van der Waals surface area contributed by atoms with Crippen molar-refractivity contribution in [3.63, 3.8) is 0 Å². The highest BCUT2D eigenvalue weighted by Crippen LogP contribution is 2.44. The Morgan fingerprint density at radius 3 is 2.44 bits per heavy atom. The summed E-state index contributed by atoms with van der Waals surface area (Å²) in [5.41, 5.74) is 7.79. The molecule has 25 heavy (non-hydrogen) atoms. The van der Waals surface area contributed by atoms with E-state index >= 15 is 0 Å². The highest BCUT2D eigenvalue weighted by molar-refractivity contribution is 6.03. The van der Waals surface area contributed by atoms with Gasteiger partial charge in [-0.25, -0.2) is 9.97 Å². The second-order valence-corrected chi connectivity index (χ2v) is 6.74. The number of amides is 2. The Bertz CT molecular complexity index is 804. The van der Waals surface area contributed by atoms with E-state index in [9.17, 15) is 9.59 Å². The minimum absolute atomic E-state index is 0.0262. The molecule has 3 rings (SSSR count). The van der Waals surface area contributed by atoms with Crippen LogP contribution < -0.4 is 11.1 Å². The number of hydrogen-bond donors (Lipinski definition) is 2. The molecule has 0 aliphatic heterocycles. The molecule has 1 aliphatic rings. The summed E-state index contributed by atoms with van der Waals surface area (Å²) in [4.78, 5) is 31.7. The van der Waals surface area contributed by atoms with Gasteiger partial charge in [0.15, 0.2) is 11.4 Å². The van der Waals surface area contributed by atoms with Crippen LogP contribution in [-0.2, 0) is 0 Å². The normalized spacial score (nSPS) is 18.8. The van der Waals surface area contributed by atoms with E-state index < -0.39 is 11.8 Å². The lowest BCUT2D eigenvalue weighted by Crippen LogP contribution is -2.31. The number of nitrogens with zero attached hydrogens (tertiary/aromatic N) is 2. The van der Waals surface area contributed by atoms with Gasteiger partial charge in [-0.2, -0.15) is 0 Å². The number of aromatic nitrogens is 2. The summed E-state index contributed by atoms with van der Waals surface area (Å²) in [6.07, 6.45) is 3.72. The van der Waals surface area contributed by atoms with Crippen LogP contribution in [0.25, 0.3) is 0 Å². The lowest BCUT2D eigenvalue weighted by molar-refractivity contribution is 0.0926. The smallest absolute Gasteiger partial charge is 0.272 e. The van der Waals surface area contributed by atoms with Crippen LogP contribution in [0, 0.1) is 5.92 Å². The summed E-state index contributed by atoms with van der Waals surface area (Å²) in [7, 11) is 0. The van der Waals surface area contributed by atoms with E-state index in [4.69, 9.17) is 5.73 Å². The number of carbonyl (C=O) groups excluding carboxylic acids is 2. The summed E-state index contributed by atoms with van der Waals surface area (Å²) < 4.78 is 0. The quantitative estimate of drug-likeness (QED) is 0.873. The van der Waals surface area contributed by atoms with Gasteiger partial charge in [0.05, 0.1) is 0 Å². The average Bonchev–Trinajstić information content (AvgIpc) is 2.99. The Morgan fingerprint density at radius 2 is 1.80 bits per heavy atom. The number of hydrogen-bond acceptors (Lipinski definition) is 4. The molecule has 0 radical (unpaired) electrons. The van der Waals surface area contributed by atoms with Crippen LogP contribution in [0.3, 0.4) is 0 Å². The highest BCUT2D eigenvalue weighted by atomic mass is 16.2. The fourth-order valence-corrected chi connectivity index (χ4v) is 3.59. The van der Waals surface area contributed by atoms with Crippen molar-refractivity contribution >= 4 is 11.8 Å². The highest BCUT2D eigenvalue weighted by Gasteiger charge is 2.32. The Kier molecular flexibility index (Phi) is 4.79. The lowest BCUT2D eigenvalue weighted by atomic mass is 9.90. The Balaban J connectivity index is 1.75. The molecule has 130 valence electrons. The van der Waals surface area contributed by atoms with Gasteiger partial charge in [-0.05, 0) is 29.4 Å². The summed E-state index contributed by atoms with van der Waals surface area (Å²) in [5, 5.41) is 2.89. The van der Waals surface area contributed by atoms with Gasteiger partial charge in [-0.15, -0.1) is 0 Å². The zero-order valence-electron chi connectivity index (χ0n) is 14.4. The van der Waals surface area contributed by atoms with Gasteiger partial charge in [0.1, 0.15) is 0 Å². The number of carbonyl (C=O) groups is 2. The van der Waals surface area contributed by atoms with Gasteiger partial charge in [-0.3, -0.25) is 9.59 Å². The maximum absolute atomic E-state index is 12.4. The molecule has 1 aromatic carbocycles. The molecule has 0 unspecified atom stereocenters. The Hall–Kier alpha value is -2.76. The molecule has 0 saturated heterocycles. The van der Waals surface area contributed by atoms with Crippen LogP contribution in [0.1, 0.15) is 64.2 Å². The maximum atomic E-state index is 12.4. The SMILES string of the molecule is CC(C)[C@@H]1C[C@@H](CNC(=O)c2nccnc2C(N)=O)c2ccccc21. The number of nitrogens with one attached hydrogen (secondary N) is 1. The first-order chi connectivity index (χ1) is 12.0. The minimum atomic E-state index is -0.760. The zero-order chi connectivity index (χ0) is 18.0. The average molecular weight is 338 g/mol. The fraction of sp³-hybridized carbons (Fsp3) is 0.368. The molecular weight excluding hydrogens is 316 g/mol. The Morgan fingerprint density at radius 1 is 1.16 bits per heavy atom. The van der Waals surface area contributed by atoms with Crippen LogP contribution in [-0.4, -0.2) is 28.3 Å². The van der Waals surface area contributed by atoms with Gasteiger partial charge in [0.2, 0.25) is 0 Å².